The lowest BCUT2D eigenvalue weighted by molar-refractivity contribution is -0.120. The third kappa shape index (κ3) is 2.32. The quantitative estimate of drug-likeness (QED) is 0.757. The van der Waals surface area contributed by atoms with Crippen molar-refractivity contribution in [2.24, 2.45) is 5.41 Å². The lowest BCUT2D eigenvalue weighted by Gasteiger charge is -2.37. The molecule has 1 aromatic carbocycles. The van der Waals surface area contributed by atoms with E-state index in [1.54, 1.807) is 0 Å². The summed E-state index contributed by atoms with van der Waals surface area (Å²) in [5.41, 5.74) is 2.70. The van der Waals surface area contributed by atoms with Crippen LogP contribution in [0.25, 0.3) is 0 Å². The first-order valence-corrected chi connectivity index (χ1v) is 5.37. The molecule has 0 atom stereocenters. The molecule has 2 rings (SSSR count). The Morgan fingerprint density at radius 2 is 2.07 bits per heavy atom. The highest BCUT2D eigenvalue weighted by atomic mass is 16.5. The predicted octanol–water partition coefficient (Wildman–Crippen LogP) is 2.72. The third-order valence-corrected chi connectivity index (χ3v) is 2.81. The summed E-state index contributed by atoms with van der Waals surface area (Å²) in [6.07, 6.45) is 0. The molecule has 0 unspecified atom stereocenters. The molecule has 1 fully saturated rings. The number of ether oxygens (including phenoxy) is 2. The number of hydrogen-bond donors (Lipinski definition) is 0. The molecule has 1 saturated heterocycles. The Labute approximate surface area is 91.2 Å². The zero-order valence-electron chi connectivity index (χ0n) is 9.67. The summed E-state index contributed by atoms with van der Waals surface area (Å²) in [6, 6.07) is 6.28. The molecule has 0 bridgehead atoms. The fourth-order valence-electron chi connectivity index (χ4n) is 1.75. The Kier molecular flexibility index (Phi) is 2.70. The van der Waals surface area contributed by atoms with Crippen LogP contribution >= 0.6 is 0 Å². The smallest absolute Gasteiger partial charge is 0.122 e. The molecule has 0 saturated carbocycles. The van der Waals surface area contributed by atoms with Gasteiger partial charge in [-0.2, -0.15) is 0 Å². The molecule has 0 spiro atoms. The molecule has 1 aliphatic rings. The van der Waals surface area contributed by atoms with E-state index >= 15 is 0 Å². The number of benzene rings is 1. The maximum atomic E-state index is 5.82. The molecule has 2 nitrogen and oxygen atoms in total. The zero-order valence-corrected chi connectivity index (χ0v) is 9.67. The van der Waals surface area contributed by atoms with Crippen LogP contribution in [0.3, 0.4) is 0 Å². The Bertz CT molecular complexity index is 354. The summed E-state index contributed by atoms with van der Waals surface area (Å²) in [4.78, 5) is 0. The predicted molar refractivity (Wildman–Crippen MR) is 60.3 cm³/mol. The third-order valence-electron chi connectivity index (χ3n) is 2.81. The van der Waals surface area contributed by atoms with E-state index in [0.29, 0.717) is 0 Å². The summed E-state index contributed by atoms with van der Waals surface area (Å²) in [5.74, 6) is 0.994. The molecule has 0 aromatic heterocycles. The summed E-state index contributed by atoms with van der Waals surface area (Å²) in [5, 5.41) is 0. The normalized spacial score (nSPS) is 18.3. The van der Waals surface area contributed by atoms with Crippen molar-refractivity contribution < 1.29 is 9.47 Å². The van der Waals surface area contributed by atoms with E-state index in [4.69, 9.17) is 9.47 Å². The average molecular weight is 206 g/mol. The maximum Gasteiger partial charge on any atom is 0.122 e. The van der Waals surface area contributed by atoms with Gasteiger partial charge in [0.2, 0.25) is 0 Å². The van der Waals surface area contributed by atoms with Crippen molar-refractivity contribution in [2.45, 2.75) is 20.8 Å². The van der Waals surface area contributed by atoms with E-state index < -0.39 is 0 Å². The van der Waals surface area contributed by atoms with Crippen LogP contribution in [0.4, 0.5) is 0 Å². The van der Waals surface area contributed by atoms with E-state index in [1.807, 2.05) is 6.07 Å². The molecular formula is C13H18O2. The molecular weight excluding hydrogens is 188 g/mol. The number of rotatable bonds is 3. The second-order valence-electron chi connectivity index (χ2n) is 4.86. The lowest BCUT2D eigenvalue weighted by Crippen LogP contribution is -2.44. The Hall–Kier alpha value is -1.02. The Morgan fingerprint density at radius 1 is 1.33 bits per heavy atom. The van der Waals surface area contributed by atoms with Crippen molar-refractivity contribution in [3.05, 3.63) is 29.3 Å². The van der Waals surface area contributed by atoms with Crippen molar-refractivity contribution in [3.8, 4) is 5.75 Å². The van der Waals surface area contributed by atoms with Crippen LogP contribution in [0.15, 0.2) is 18.2 Å². The Balaban J connectivity index is 1.98. The largest absolute Gasteiger partial charge is 0.493 e. The summed E-state index contributed by atoms with van der Waals surface area (Å²) in [7, 11) is 0. The fourth-order valence-corrected chi connectivity index (χ4v) is 1.75. The van der Waals surface area contributed by atoms with Gasteiger partial charge >= 0.3 is 0 Å². The molecule has 82 valence electrons. The Morgan fingerprint density at radius 3 is 2.60 bits per heavy atom. The maximum absolute atomic E-state index is 5.82. The first kappa shape index (κ1) is 10.5. The molecule has 0 aliphatic carbocycles. The van der Waals surface area contributed by atoms with Gasteiger partial charge in [0.25, 0.3) is 0 Å². The summed E-state index contributed by atoms with van der Waals surface area (Å²) >= 11 is 0. The van der Waals surface area contributed by atoms with Gasteiger partial charge in [0.15, 0.2) is 0 Å². The molecule has 1 heterocycles. The van der Waals surface area contributed by atoms with Crippen molar-refractivity contribution in [1.29, 1.82) is 0 Å². The molecule has 15 heavy (non-hydrogen) atoms. The van der Waals surface area contributed by atoms with E-state index in [-0.39, 0.29) is 5.41 Å². The van der Waals surface area contributed by atoms with Crippen LogP contribution in [0.2, 0.25) is 0 Å². The van der Waals surface area contributed by atoms with Crippen molar-refractivity contribution in [1.82, 2.24) is 0 Å². The van der Waals surface area contributed by atoms with Crippen LogP contribution in [0.1, 0.15) is 18.1 Å². The van der Waals surface area contributed by atoms with Gasteiger partial charge < -0.3 is 9.47 Å². The topological polar surface area (TPSA) is 18.5 Å². The van der Waals surface area contributed by atoms with Gasteiger partial charge in [-0.1, -0.05) is 24.6 Å². The summed E-state index contributed by atoms with van der Waals surface area (Å²) < 4.78 is 11.0. The van der Waals surface area contributed by atoms with Gasteiger partial charge in [0.05, 0.1) is 19.8 Å². The average Bonchev–Trinajstić information content (AvgIpc) is 2.14. The minimum atomic E-state index is 0.220. The van der Waals surface area contributed by atoms with Gasteiger partial charge in [0.1, 0.15) is 5.75 Å². The summed E-state index contributed by atoms with van der Waals surface area (Å²) in [6.45, 7) is 8.76. The molecule has 0 radical (unpaired) electrons. The molecule has 1 aliphatic heterocycles. The zero-order chi connectivity index (χ0) is 10.9. The lowest BCUT2D eigenvalue weighted by atomic mass is 9.90. The van der Waals surface area contributed by atoms with E-state index in [2.05, 4.69) is 32.9 Å². The van der Waals surface area contributed by atoms with Gasteiger partial charge in [-0.05, 0) is 25.5 Å². The molecule has 2 heteroatoms. The van der Waals surface area contributed by atoms with Crippen molar-refractivity contribution in [2.75, 3.05) is 19.8 Å². The van der Waals surface area contributed by atoms with Crippen LogP contribution in [-0.2, 0) is 4.74 Å². The van der Waals surface area contributed by atoms with Crippen LogP contribution in [0.5, 0.6) is 5.75 Å². The fraction of sp³-hybridized carbons (Fsp3) is 0.538. The van der Waals surface area contributed by atoms with Crippen LogP contribution < -0.4 is 4.74 Å². The van der Waals surface area contributed by atoms with Gasteiger partial charge in [0, 0.05) is 5.41 Å². The molecule has 0 amide bonds. The van der Waals surface area contributed by atoms with E-state index in [9.17, 15) is 0 Å². The van der Waals surface area contributed by atoms with Crippen LogP contribution in [0, 0.1) is 19.3 Å². The number of hydrogen-bond acceptors (Lipinski definition) is 2. The van der Waals surface area contributed by atoms with Gasteiger partial charge in [-0.3, -0.25) is 0 Å². The monoisotopic (exact) mass is 206 g/mol. The molecule has 0 N–H and O–H groups in total. The highest BCUT2D eigenvalue weighted by Crippen LogP contribution is 2.28. The molecule has 1 aromatic rings. The number of aryl methyl sites for hydroxylation is 2. The van der Waals surface area contributed by atoms with Crippen LogP contribution in [-0.4, -0.2) is 19.8 Å². The van der Waals surface area contributed by atoms with Gasteiger partial charge in [-0.15, -0.1) is 0 Å². The second kappa shape index (κ2) is 3.86. The van der Waals surface area contributed by atoms with E-state index in [1.165, 1.54) is 11.1 Å². The van der Waals surface area contributed by atoms with Crippen molar-refractivity contribution >= 4 is 0 Å². The van der Waals surface area contributed by atoms with Gasteiger partial charge in [-0.25, -0.2) is 0 Å². The standard InChI is InChI=1S/C13H18O2/c1-10-4-5-12(11(2)6-10)15-9-13(3)7-14-8-13/h4-6H,7-9H2,1-3H3. The van der Waals surface area contributed by atoms with Crippen molar-refractivity contribution in [3.63, 3.8) is 0 Å². The highest BCUT2D eigenvalue weighted by Gasteiger charge is 2.34. The SMILES string of the molecule is Cc1ccc(OCC2(C)COC2)c(C)c1. The highest BCUT2D eigenvalue weighted by molar-refractivity contribution is 5.35. The first-order chi connectivity index (χ1) is 7.09. The first-order valence-electron chi connectivity index (χ1n) is 5.37. The minimum Gasteiger partial charge on any atom is -0.493 e. The minimum absolute atomic E-state index is 0.220. The second-order valence-corrected chi connectivity index (χ2v) is 4.86. The van der Waals surface area contributed by atoms with E-state index in [0.717, 1.165) is 25.6 Å².